The molecular weight excluding hydrogens is 304 g/mol. The van der Waals surface area contributed by atoms with Gasteiger partial charge in [0.2, 0.25) is 0 Å². The maximum atomic E-state index is 12.6. The number of methoxy groups -OCH3 is 1. The number of H-pyrrole nitrogens is 1. The molecule has 1 aromatic carbocycles. The van der Waals surface area contributed by atoms with Gasteiger partial charge in [0.25, 0.3) is 10.7 Å². The summed E-state index contributed by atoms with van der Waals surface area (Å²) in [6, 6.07) is 5.10. The van der Waals surface area contributed by atoms with Crippen LogP contribution < -0.4 is 0 Å². The quantitative estimate of drug-likeness (QED) is 0.676. The average Bonchev–Trinajstić information content (AvgIpc) is 2.89. The number of hydrogen-bond acceptors (Lipinski definition) is 5. The molecule has 0 unspecified atom stereocenters. The number of ether oxygens (including phenoxy) is 1. The third-order valence-electron chi connectivity index (χ3n) is 3.43. The van der Waals surface area contributed by atoms with Crippen molar-refractivity contribution in [3.63, 3.8) is 0 Å². The van der Waals surface area contributed by atoms with Crippen LogP contribution in [0.25, 0.3) is 11.1 Å². The second-order valence-corrected chi connectivity index (χ2v) is 5.36. The van der Waals surface area contributed by atoms with Gasteiger partial charge in [-0.05, 0) is 37.3 Å². The molecule has 1 N–H and O–H groups in total. The third-order valence-corrected chi connectivity index (χ3v) is 3.62. The summed E-state index contributed by atoms with van der Waals surface area (Å²) in [5.41, 5.74) is 1.77. The second kappa shape index (κ2) is 6.74. The second-order valence-electron chi connectivity index (χ2n) is 4.99. The molecule has 1 heterocycles. The normalized spacial score (nSPS) is 12.1. The van der Waals surface area contributed by atoms with E-state index in [9.17, 15) is 9.59 Å². The van der Waals surface area contributed by atoms with E-state index in [-0.39, 0.29) is 22.6 Å². The number of oxazole rings is 1. The lowest BCUT2D eigenvalue weighted by Gasteiger charge is -2.23. The van der Waals surface area contributed by atoms with Crippen molar-refractivity contribution < 1.29 is 18.7 Å². The van der Waals surface area contributed by atoms with E-state index >= 15 is 0 Å². The lowest BCUT2D eigenvalue weighted by atomic mass is 10.1. The zero-order chi connectivity index (χ0) is 16.3. The van der Waals surface area contributed by atoms with Gasteiger partial charge in [0.15, 0.2) is 5.58 Å². The lowest BCUT2D eigenvalue weighted by Crippen LogP contribution is -2.37. The summed E-state index contributed by atoms with van der Waals surface area (Å²) in [5, 5.41) is 0. The molecule has 2 aromatic rings. The molecule has 6 nitrogen and oxygen atoms in total. The van der Waals surface area contributed by atoms with E-state index in [4.69, 9.17) is 21.4 Å². The molecule has 0 saturated carbocycles. The Morgan fingerprint density at radius 1 is 1.45 bits per heavy atom. The molecule has 0 fully saturated rings. The molecule has 0 aliphatic heterocycles. The first-order valence-electron chi connectivity index (χ1n) is 6.96. The number of carbonyl (C=O) groups is 2. The molecule has 22 heavy (non-hydrogen) atoms. The Labute approximate surface area is 133 Å². The van der Waals surface area contributed by atoms with Crippen LogP contribution in [0.3, 0.4) is 0 Å². The summed E-state index contributed by atoms with van der Waals surface area (Å²) in [6.07, 6.45) is 0. The Morgan fingerprint density at radius 2 is 2.18 bits per heavy atom. The predicted molar refractivity (Wildman–Crippen MR) is 84.2 cm³/mol. The van der Waals surface area contributed by atoms with Crippen molar-refractivity contribution in [1.82, 2.24) is 9.88 Å². The number of hydrogen-bond donors (Lipinski definition) is 1. The Bertz CT molecular complexity index is 749. The molecule has 7 heteroatoms. The number of aromatic nitrogens is 1. The summed E-state index contributed by atoms with van der Waals surface area (Å²) in [5.74, 6) is -0.880. The summed E-state index contributed by atoms with van der Waals surface area (Å²) < 4.78 is 10.0. The zero-order valence-electron chi connectivity index (χ0n) is 12.7. The SMILES string of the molecule is CCN(C[C@H](C)C(=O)OC)C(=O)c1ccc2[nH]c(=S)oc2c1. The van der Waals surface area contributed by atoms with Gasteiger partial charge in [0, 0.05) is 18.7 Å². The summed E-state index contributed by atoms with van der Waals surface area (Å²) in [4.78, 5) is 28.8. The highest BCUT2D eigenvalue weighted by Gasteiger charge is 2.21. The van der Waals surface area contributed by atoms with Gasteiger partial charge < -0.3 is 19.0 Å². The van der Waals surface area contributed by atoms with Crippen molar-refractivity contribution in [1.29, 1.82) is 0 Å². The first-order chi connectivity index (χ1) is 10.5. The largest absolute Gasteiger partial charge is 0.469 e. The minimum absolute atomic E-state index is 0.164. The van der Waals surface area contributed by atoms with Crippen LogP contribution in [0.5, 0.6) is 0 Å². The summed E-state index contributed by atoms with van der Waals surface area (Å²) in [7, 11) is 1.34. The van der Waals surface area contributed by atoms with E-state index in [2.05, 4.69) is 4.98 Å². The Kier molecular flexibility index (Phi) is 4.97. The van der Waals surface area contributed by atoms with Gasteiger partial charge in [0.05, 0.1) is 18.5 Å². The third kappa shape index (κ3) is 3.36. The van der Waals surface area contributed by atoms with Crippen molar-refractivity contribution in [2.24, 2.45) is 5.92 Å². The molecule has 118 valence electrons. The van der Waals surface area contributed by atoms with Crippen molar-refractivity contribution in [3.8, 4) is 0 Å². The minimum Gasteiger partial charge on any atom is -0.469 e. The number of fused-ring (bicyclic) bond motifs is 1. The van der Waals surface area contributed by atoms with Gasteiger partial charge in [0.1, 0.15) is 0 Å². The van der Waals surface area contributed by atoms with Gasteiger partial charge in [-0.15, -0.1) is 0 Å². The van der Waals surface area contributed by atoms with Gasteiger partial charge in [-0.3, -0.25) is 9.59 Å². The number of nitrogens with zero attached hydrogens (tertiary/aromatic N) is 1. The van der Waals surface area contributed by atoms with Gasteiger partial charge in [-0.2, -0.15) is 0 Å². The molecule has 1 aromatic heterocycles. The van der Waals surface area contributed by atoms with Crippen LogP contribution >= 0.6 is 12.2 Å². The van der Waals surface area contributed by atoms with Crippen LogP contribution in [0.1, 0.15) is 24.2 Å². The minimum atomic E-state index is -0.381. The zero-order valence-corrected chi connectivity index (χ0v) is 13.5. The maximum Gasteiger partial charge on any atom is 0.310 e. The number of benzene rings is 1. The van der Waals surface area contributed by atoms with Crippen LogP contribution in [0, 0.1) is 10.8 Å². The molecule has 0 spiro atoms. The van der Waals surface area contributed by atoms with Crippen molar-refractivity contribution in [2.45, 2.75) is 13.8 Å². The number of aromatic amines is 1. The van der Waals surface area contributed by atoms with E-state index in [0.717, 1.165) is 5.52 Å². The number of rotatable bonds is 5. The standard InChI is InChI=1S/C15H18N2O4S/c1-4-17(8-9(2)14(19)20-3)13(18)10-5-6-11-12(7-10)21-15(22)16-11/h5-7,9H,4,8H2,1-3H3,(H,16,22)/t9-/m0/s1. The van der Waals surface area contributed by atoms with Crippen LogP contribution in [-0.4, -0.2) is 42.0 Å². The first-order valence-corrected chi connectivity index (χ1v) is 7.37. The molecule has 0 bridgehead atoms. The highest BCUT2D eigenvalue weighted by atomic mass is 32.1. The highest BCUT2D eigenvalue weighted by molar-refractivity contribution is 7.71. The predicted octanol–water partition coefficient (Wildman–Crippen LogP) is 2.76. The van der Waals surface area contributed by atoms with Crippen LogP contribution in [0.4, 0.5) is 0 Å². The van der Waals surface area contributed by atoms with Crippen molar-refractivity contribution in [3.05, 3.63) is 28.6 Å². The van der Waals surface area contributed by atoms with Crippen LogP contribution in [0.2, 0.25) is 0 Å². The van der Waals surface area contributed by atoms with Crippen molar-refractivity contribution >= 4 is 35.2 Å². The fraction of sp³-hybridized carbons (Fsp3) is 0.400. The fourth-order valence-corrected chi connectivity index (χ4v) is 2.42. The van der Waals surface area contributed by atoms with Gasteiger partial charge in [-0.1, -0.05) is 6.92 Å². The number of amides is 1. The molecule has 0 radical (unpaired) electrons. The molecule has 0 saturated heterocycles. The van der Waals surface area contributed by atoms with E-state index in [1.54, 1.807) is 30.0 Å². The molecule has 1 amide bonds. The summed E-state index contributed by atoms with van der Waals surface area (Å²) >= 11 is 4.93. The first kappa shape index (κ1) is 16.2. The van der Waals surface area contributed by atoms with Gasteiger partial charge in [-0.25, -0.2) is 0 Å². The van der Waals surface area contributed by atoms with E-state index < -0.39 is 0 Å². The number of nitrogens with one attached hydrogen (secondary N) is 1. The van der Waals surface area contributed by atoms with E-state index in [0.29, 0.717) is 24.2 Å². The van der Waals surface area contributed by atoms with E-state index in [1.165, 1.54) is 7.11 Å². The molecule has 0 aliphatic carbocycles. The smallest absolute Gasteiger partial charge is 0.310 e. The Hall–Kier alpha value is -2.15. The Morgan fingerprint density at radius 3 is 2.82 bits per heavy atom. The lowest BCUT2D eigenvalue weighted by molar-refractivity contribution is -0.145. The maximum absolute atomic E-state index is 12.6. The number of carbonyl (C=O) groups excluding carboxylic acids is 2. The molecule has 1 atom stereocenters. The topological polar surface area (TPSA) is 75.5 Å². The number of esters is 1. The monoisotopic (exact) mass is 322 g/mol. The Balaban J connectivity index is 2.22. The van der Waals surface area contributed by atoms with Crippen molar-refractivity contribution in [2.75, 3.05) is 20.2 Å². The van der Waals surface area contributed by atoms with Crippen LogP contribution in [-0.2, 0) is 9.53 Å². The van der Waals surface area contributed by atoms with E-state index in [1.807, 2.05) is 6.92 Å². The van der Waals surface area contributed by atoms with Crippen LogP contribution in [0.15, 0.2) is 22.6 Å². The van der Waals surface area contributed by atoms with Gasteiger partial charge >= 0.3 is 5.97 Å². The fourth-order valence-electron chi connectivity index (χ4n) is 2.22. The molecule has 0 aliphatic rings. The molecule has 2 rings (SSSR count). The average molecular weight is 322 g/mol. The molecular formula is C15H18N2O4S. The highest BCUT2D eigenvalue weighted by Crippen LogP contribution is 2.17. The summed E-state index contributed by atoms with van der Waals surface area (Å²) in [6.45, 7) is 4.39.